The summed E-state index contributed by atoms with van der Waals surface area (Å²) in [5, 5.41) is 2.83. The first kappa shape index (κ1) is 10.8. The molecule has 0 bridgehead atoms. The van der Waals surface area contributed by atoms with Crippen LogP contribution in [0.3, 0.4) is 0 Å². The van der Waals surface area contributed by atoms with Gasteiger partial charge in [0.1, 0.15) is 6.54 Å². The van der Waals surface area contributed by atoms with E-state index in [1.165, 1.54) is 9.80 Å². The molecule has 1 saturated carbocycles. The molecule has 0 spiro atoms. The first-order valence-electron chi connectivity index (χ1n) is 4.72. The van der Waals surface area contributed by atoms with E-state index < -0.39 is 0 Å². The van der Waals surface area contributed by atoms with Gasteiger partial charge in [0.15, 0.2) is 0 Å². The molecule has 1 N–H and O–H groups in total. The number of likely N-dealkylation sites (N-methyl/N-ethyl adjacent to an activating group) is 1. The van der Waals surface area contributed by atoms with Crippen LogP contribution in [0.5, 0.6) is 0 Å². The Hall–Kier alpha value is -1.26. The summed E-state index contributed by atoms with van der Waals surface area (Å²) in [6.45, 7) is 0.132. The maximum Gasteiger partial charge on any atom is 0.319 e. The molecule has 0 aromatic rings. The van der Waals surface area contributed by atoms with Gasteiger partial charge in [-0.25, -0.2) is 4.79 Å². The highest BCUT2D eigenvalue weighted by atomic mass is 16.2. The molecule has 1 fully saturated rings. The van der Waals surface area contributed by atoms with E-state index in [0.29, 0.717) is 6.04 Å². The van der Waals surface area contributed by atoms with Gasteiger partial charge >= 0.3 is 6.03 Å². The lowest BCUT2D eigenvalue weighted by Gasteiger charge is -2.21. The third-order valence-electron chi connectivity index (χ3n) is 2.03. The second-order valence-electron chi connectivity index (χ2n) is 3.87. The van der Waals surface area contributed by atoms with Gasteiger partial charge < -0.3 is 15.1 Å². The first-order valence-corrected chi connectivity index (χ1v) is 4.72. The number of rotatable bonds is 3. The fourth-order valence-corrected chi connectivity index (χ4v) is 1.13. The summed E-state index contributed by atoms with van der Waals surface area (Å²) in [6.07, 6.45) is 2.13. The van der Waals surface area contributed by atoms with E-state index >= 15 is 0 Å². The van der Waals surface area contributed by atoms with Crippen molar-refractivity contribution in [3.05, 3.63) is 0 Å². The summed E-state index contributed by atoms with van der Waals surface area (Å²) in [6, 6.07) is 0.196. The zero-order chi connectivity index (χ0) is 10.7. The highest BCUT2D eigenvalue weighted by Crippen LogP contribution is 2.18. The van der Waals surface area contributed by atoms with Gasteiger partial charge in [0.2, 0.25) is 5.91 Å². The molecule has 0 unspecified atom stereocenters. The summed E-state index contributed by atoms with van der Waals surface area (Å²) in [5.41, 5.74) is 0. The summed E-state index contributed by atoms with van der Waals surface area (Å²) in [7, 11) is 4.95. The molecule has 0 atom stereocenters. The molecule has 0 aliphatic heterocycles. The number of carbonyl (C=O) groups excluding carboxylic acids is 2. The Bertz CT molecular complexity index is 236. The van der Waals surface area contributed by atoms with Gasteiger partial charge in [0, 0.05) is 27.2 Å². The summed E-state index contributed by atoms with van der Waals surface area (Å²) in [4.78, 5) is 25.5. The van der Waals surface area contributed by atoms with Crippen LogP contribution in [0.4, 0.5) is 4.79 Å². The molecule has 0 saturated heterocycles. The fraction of sp³-hybridized carbons (Fsp3) is 0.778. The van der Waals surface area contributed by atoms with Gasteiger partial charge in [-0.1, -0.05) is 0 Å². The summed E-state index contributed by atoms with van der Waals surface area (Å²) >= 11 is 0. The number of hydrogen-bond acceptors (Lipinski definition) is 2. The van der Waals surface area contributed by atoms with Crippen molar-refractivity contribution < 1.29 is 9.59 Å². The Morgan fingerprint density at radius 3 is 2.29 bits per heavy atom. The van der Waals surface area contributed by atoms with Crippen molar-refractivity contribution >= 4 is 11.9 Å². The van der Waals surface area contributed by atoms with Gasteiger partial charge in [0.05, 0.1) is 0 Å². The number of hydrogen-bond donors (Lipinski definition) is 1. The maximum absolute atomic E-state index is 11.4. The zero-order valence-corrected chi connectivity index (χ0v) is 8.91. The molecule has 3 amide bonds. The minimum Gasteiger partial charge on any atom is -0.352 e. The molecule has 1 rings (SSSR count). The SMILES string of the molecule is CN(C)C(=O)N(C)CC(=O)NC1CC1. The third kappa shape index (κ3) is 3.24. The molecular formula is C9H17N3O2. The van der Waals surface area contributed by atoms with Crippen molar-refractivity contribution in [2.75, 3.05) is 27.7 Å². The lowest BCUT2D eigenvalue weighted by Crippen LogP contribution is -2.43. The van der Waals surface area contributed by atoms with Crippen LogP contribution in [0.15, 0.2) is 0 Å². The smallest absolute Gasteiger partial charge is 0.319 e. The molecule has 5 nitrogen and oxygen atoms in total. The quantitative estimate of drug-likeness (QED) is 0.689. The Labute approximate surface area is 84.0 Å². The maximum atomic E-state index is 11.4. The minimum atomic E-state index is -0.157. The number of nitrogens with one attached hydrogen (secondary N) is 1. The highest BCUT2D eigenvalue weighted by molar-refractivity contribution is 5.84. The fourth-order valence-electron chi connectivity index (χ4n) is 1.13. The van der Waals surface area contributed by atoms with E-state index in [1.807, 2.05) is 0 Å². The molecule has 0 aromatic carbocycles. The van der Waals surface area contributed by atoms with Crippen LogP contribution < -0.4 is 5.32 Å². The molecule has 0 radical (unpaired) electrons. The second-order valence-corrected chi connectivity index (χ2v) is 3.87. The van der Waals surface area contributed by atoms with Crippen molar-refractivity contribution in [1.29, 1.82) is 0 Å². The Morgan fingerprint density at radius 2 is 1.86 bits per heavy atom. The van der Waals surface area contributed by atoms with Crippen LogP contribution >= 0.6 is 0 Å². The predicted octanol–water partition coefficient (Wildman–Crippen LogP) is -0.122. The molecule has 0 heterocycles. The third-order valence-corrected chi connectivity index (χ3v) is 2.03. The molecular weight excluding hydrogens is 182 g/mol. The topological polar surface area (TPSA) is 52.7 Å². The molecule has 1 aliphatic carbocycles. The van der Waals surface area contributed by atoms with Crippen molar-refractivity contribution in [2.24, 2.45) is 0 Å². The van der Waals surface area contributed by atoms with Gasteiger partial charge in [-0.2, -0.15) is 0 Å². The minimum absolute atomic E-state index is 0.0785. The van der Waals surface area contributed by atoms with Gasteiger partial charge in [-0.3, -0.25) is 4.79 Å². The van der Waals surface area contributed by atoms with E-state index in [4.69, 9.17) is 0 Å². The monoisotopic (exact) mass is 199 g/mol. The van der Waals surface area contributed by atoms with Crippen LogP contribution in [-0.2, 0) is 4.79 Å². The van der Waals surface area contributed by atoms with E-state index in [2.05, 4.69) is 5.32 Å². The molecule has 80 valence electrons. The Balaban J connectivity index is 2.27. The van der Waals surface area contributed by atoms with E-state index in [0.717, 1.165) is 12.8 Å². The van der Waals surface area contributed by atoms with Gasteiger partial charge in [0.25, 0.3) is 0 Å². The Morgan fingerprint density at radius 1 is 1.29 bits per heavy atom. The van der Waals surface area contributed by atoms with Crippen molar-refractivity contribution in [2.45, 2.75) is 18.9 Å². The summed E-state index contributed by atoms with van der Waals surface area (Å²) in [5.74, 6) is -0.0785. The molecule has 14 heavy (non-hydrogen) atoms. The molecule has 5 heteroatoms. The van der Waals surface area contributed by atoms with Crippen molar-refractivity contribution in [3.63, 3.8) is 0 Å². The van der Waals surface area contributed by atoms with Crippen LogP contribution in [0.25, 0.3) is 0 Å². The van der Waals surface area contributed by atoms with Crippen LogP contribution in [0, 0.1) is 0 Å². The normalized spacial score (nSPS) is 14.8. The van der Waals surface area contributed by atoms with Crippen molar-refractivity contribution in [1.82, 2.24) is 15.1 Å². The zero-order valence-electron chi connectivity index (χ0n) is 8.91. The average Bonchev–Trinajstić information content (AvgIpc) is 2.86. The second kappa shape index (κ2) is 4.30. The molecule has 0 aromatic heterocycles. The standard InChI is InChI=1S/C9H17N3O2/c1-11(2)9(14)12(3)6-8(13)10-7-4-5-7/h7H,4-6H2,1-3H3,(H,10,13). The van der Waals surface area contributed by atoms with Gasteiger partial charge in [-0.05, 0) is 12.8 Å². The highest BCUT2D eigenvalue weighted by Gasteiger charge is 2.24. The number of carbonyl (C=O) groups is 2. The summed E-state index contributed by atoms with van der Waals surface area (Å²) < 4.78 is 0. The van der Waals surface area contributed by atoms with Gasteiger partial charge in [-0.15, -0.1) is 0 Å². The van der Waals surface area contributed by atoms with E-state index in [1.54, 1.807) is 21.1 Å². The van der Waals surface area contributed by atoms with Crippen LogP contribution in [0.1, 0.15) is 12.8 Å². The number of nitrogens with zero attached hydrogens (tertiary/aromatic N) is 2. The number of amides is 3. The lowest BCUT2D eigenvalue weighted by molar-refractivity contribution is -0.121. The average molecular weight is 199 g/mol. The molecule has 1 aliphatic rings. The predicted molar refractivity (Wildman–Crippen MR) is 52.9 cm³/mol. The van der Waals surface area contributed by atoms with E-state index in [-0.39, 0.29) is 18.5 Å². The van der Waals surface area contributed by atoms with Crippen LogP contribution in [-0.4, -0.2) is 55.5 Å². The largest absolute Gasteiger partial charge is 0.352 e. The Kier molecular flexibility index (Phi) is 3.33. The van der Waals surface area contributed by atoms with E-state index in [9.17, 15) is 9.59 Å². The lowest BCUT2D eigenvalue weighted by atomic mass is 10.5. The number of urea groups is 1. The first-order chi connectivity index (χ1) is 6.50. The van der Waals surface area contributed by atoms with Crippen molar-refractivity contribution in [3.8, 4) is 0 Å². The van der Waals surface area contributed by atoms with Crippen LogP contribution in [0.2, 0.25) is 0 Å².